The van der Waals surface area contributed by atoms with E-state index < -0.39 is 0 Å². The van der Waals surface area contributed by atoms with Crippen molar-refractivity contribution in [3.63, 3.8) is 0 Å². The first-order valence-electron chi connectivity index (χ1n) is 6.27. The highest BCUT2D eigenvalue weighted by Gasteiger charge is 2.25. The molecule has 1 saturated carbocycles. The third kappa shape index (κ3) is 2.94. The SMILES string of the molecule is CC1CCC(CNC(=O)C2CCCN2)C1. The maximum Gasteiger partial charge on any atom is 0.237 e. The lowest BCUT2D eigenvalue weighted by molar-refractivity contribution is -0.122. The molecule has 0 spiro atoms. The summed E-state index contributed by atoms with van der Waals surface area (Å²) in [5.74, 6) is 1.80. The fourth-order valence-corrected chi connectivity index (χ4v) is 2.79. The lowest BCUT2D eigenvalue weighted by Crippen LogP contribution is -2.42. The molecule has 0 aromatic heterocycles. The van der Waals surface area contributed by atoms with E-state index in [2.05, 4.69) is 17.6 Å². The third-order valence-electron chi connectivity index (χ3n) is 3.75. The van der Waals surface area contributed by atoms with E-state index >= 15 is 0 Å². The number of amides is 1. The summed E-state index contributed by atoms with van der Waals surface area (Å²) in [5, 5.41) is 6.31. The zero-order valence-corrected chi connectivity index (χ0v) is 9.59. The van der Waals surface area contributed by atoms with Crippen molar-refractivity contribution in [1.82, 2.24) is 10.6 Å². The largest absolute Gasteiger partial charge is 0.354 e. The molecule has 0 bridgehead atoms. The summed E-state index contributed by atoms with van der Waals surface area (Å²) in [5.41, 5.74) is 0. The summed E-state index contributed by atoms with van der Waals surface area (Å²) in [6.07, 6.45) is 6.06. The molecule has 0 radical (unpaired) electrons. The molecular weight excluding hydrogens is 188 g/mol. The van der Waals surface area contributed by atoms with E-state index in [1.807, 2.05) is 0 Å². The average Bonchev–Trinajstić information content (AvgIpc) is 2.84. The van der Waals surface area contributed by atoms with E-state index in [1.165, 1.54) is 19.3 Å². The van der Waals surface area contributed by atoms with E-state index in [1.54, 1.807) is 0 Å². The van der Waals surface area contributed by atoms with Crippen LogP contribution in [0.1, 0.15) is 39.0 Å². The van der Waals surface area contributed by atoms with Crippen LogP contribution in [0.2, 0.25) is 0 Å². The molecule has 3 heteroatoms. The van der Waals surface area contributed by atoms with Crippen LogP contribution in [0, 0.1) is 11.8 Å². The molecule has 0 aromatic rings. The summed E-state index contributed by atoms with van der Waals surface area (Å²) in [4.78, 5) is 11.7. The molecule has 86 valence electrons. The van der Waals surface area contributed by atoms with E-state index in [9.17, 15) is 4.79 Å². The van der Waals surface area contributed by atoms with Crippen molar-refractivity contribution in [1.29, 1.82) is 0 Å². The standard InChI is InChI=1S/C12H22N2O/c1-9-4-5-10(7-9)8-14-12(15)11-3-2-6-13-11/h9-11,13H,2-8H2,1H3,(H,14,15). The highest BCUT2D eigenvalue weighted by molar-refractivity contribution is 5.81. The second kappa shape index (κ2) is 4.97. The number of hydrogen-bond donors (Lipinski definition) is 2. The van der Waals surface area contributed by atoms with Gasteiger partial charge in [0.05, 0.1) is 6.04 Å². The Bertz CT molecular complexity index is 224. The molecule has 1 heterocycles. The Morgan fingerprint density at radius 1 is 1.40 bits per heavy atom. The predicted octanol–water partition coefficient (Wildman–Crippen LogP) is 1.29. The van der Waals surface area contributed by atoms with E-state index in [0.29, 0.717) is 0 Å². The zero-order valence-electron chi connectivity index (χ0n) is 9.59. The van der Waals surface area contributed by atoms with Crippen LogP contribution in [0.5, 0.6) is 0 Å². The van der Waals surface area contributed by atoms with Crippen LogP contribution in [0.25, 0.3) is 0 Å². The molecule has 2 fully saturated rings. The molecule has 1 saturated heterocycles. The number of carbonyl (C=O) groups excluding carboxylic acids is 1. The molecule has 3 nitrogen and oxygen atoms in total. The summed E-state index contributed by atoms with van der Waals surface area (Å²) in [6.45, 7) is 4.19. The number of nitrogens with one attached hydrogen (secondary N) is 2. The molecule has 1 aliphatic heterocycles. The molecule has 1 amide bonds. The number of rotatable bonds is 3. The normalized spacial score (nSPS) is 35.7. The van der Waals surface area contributed by atoms with E-state index in [-0.39, 0.29) is 11.9 Å². The number of carbonyl (C=O) groups is 1. The minimum absolute atomic E-state index is 0.0869. The summed E-state index contributed by atoms with van der Waals surface area (Å²) in [6, 6.07) is 0.0869. The second-order valence-corrected chi connectivity index (χ2v) is 5.18. The predicted molar refractivity (Wildman–Crippen MR) is 60.5 cm³/mol. The van der Waals surface area contributed by atoms with Crippen LogP contribution < -0.4 is 10.6 Å². The first-order valence-corrected chi connectivity index (χ1v) is 6.27. The molecule has 3 atom stereocenters. The van der Waals surface area contributed by atoms with Gasteiger partial charge in [0.2, 0.25) is 5.91 Å². The smallest absolute Gasteiger partial charge is 0.237 e. The Hall–Kier alpha value is -0.570. The number of hydrogen-bond acceptors (Lipinski definition) is 2. The van der Waals surface area contributed by atoms with Gasteiger partial charge in [-0.25, -0.2) is 0 Å². The van der Waals surface area contributed by atoms with Crippen molar-refractivity contribution in [2.24, 2.45) is 11.8 Å². The molecule has 3 unspecified atom stereocenters. The summed E-state index contributed by atoms with van der Waals surface area (Å²) >= 11 is 0. The minimum atomic E-state index is 0.0869. The monoisotopic (exact) mass is 210 g/mol. The summed E-state index contributed by atoms with van der Waals surface area (Å²) in [7, 11) is 0. The molecule has 15 heavy (non-hydrogen) atoms. The van der Waals surface area contributed by atoms with Crippen LogP contribution in [0.4, 0.5) is 0 Å². The van der Waals surface area contributed by atoms with Gasteiger partial charge in [-0.2, -0.15) is 0 Å². The zero-order chi connectivity index (χ0) is 10.7. The fourth-order valence-electron chi connectivity index (χ4n) is 2.79. The van der Waals surface area contributed by atoms with Gasteiger partial charge in [-0.3, -0.25) is 4.79 Å². The van der Waals surface area contributed by atoms with E-state index in [0.717, 1.165) is 37.8 Å². The van der Waals surface area contributed by atoms with Gasteiger partial charge >= 0.3 is 0 Å². The highest BCUT2D eigenvalue weighted by atomic mass is 16.2. The Kier molecular flexibility index (Phi) is 3.62. The van der Waals surface area contributed by atoms with Gasteiger partial charge < -0.3 is 10.6 Å². The molecular formula is C12H22N2O. The molecule has 2 rings (SSSR count). The fraction of sp³-hybridized carbons (Fsp3) is 0.917. The molecule has 1 aliphatic carbocycles. The van der Waals surface area contributed by atoms with Crippen molar-refractivity contribution in [3.8, 4) is 0 Å². The van der Waals surface area contributed by atoms with Crippen molar-refractivity contribution >= 4 is 5.91 Å². The van der Waals surface area contributed by atoms with Gasteiger partial charge in [-0.15, -0.1) is 0 Å². The van der Waals surface area contributed by atoms with Crippen LogP contribution in [-0.2, 0) is 4.79 Å². The van der Waals surface area contributed by atoms with Gasteiger partial charge in [-0.05, 0) is 44.1 Å². The summed E-state index contributed by atoms with van der Waals surface area (Å²) < 4.78 is 0. The van der Waals surface area contributed by atoms with Crippen molar-refractivity contribution in [3.05, 3.63) is 0 Å². The average molecular weight is 210 g/mol. The van der Waals surface area contributed by atoms with Gasteiger partial charge in [-0.1, -0.05) is 13.3 Å². The first-order chi connectivity index (χ1) is 7.25. The molecule has 0 aromatic carbocycles. The van der Waals surface area contributed by atoms with Crippen molar-refractivity contribution in [2.45, 2.75) is 45.1 Å². The second-order valence-electron chi connectivity index (χ2n) is 5.18. The Morgan fingerprint density at radius 3 is 2.87 bits per heavy atom. The highest BCUT2D eigenvalue weighted by Crippen LogP contribution is 2.29. The third-order valence-corrected chi connectivity index (χ3v) is 3.75. The van der Waals surface area contributed by atoms with Crippen LogP contribution in [0.3, 0.4) is 0 Å². The molecule has 2 N–H and O–H groups in total. The van der Waals surface area contributed by atoms with Gasteiger partial charge in [0.15, 0.2) is 0 Å². The Labute approximate surface area is 92.0 Å². The first kappa shape index (κ1) is 10.9. The van der Waals surface area contributed by atoms with Crippen LogP contribution in [0.15, 0.2) is 0 Å². The lowest BCUT2D eigenvalue weighted by atomic mass is 10.1. The Morgan fingerprint density at radius 2 is 2.27 bits per heavy atom. The topological polar surface area (TPSA) is 41.1 Å². The molecule has 2 aliphatic rings. The van der Waals surface area contributed by atoms with E-state index in [4.69, 9.17) is 0 Å². The maximum atomic E-state index is 11.7. The maximum absolute atomic E-state index is 11.7. The van der Waals surface area contributed by atoms with Crippen LogP contribution >= 0.6 is 0 Å². The lowest BCUT2D eigenvalue weighted by Gasteiger charge is -2.14. The minimum Gasteiger partial charge on any atom is -0.354 e. The van der Waals surface area contributed by atoms with Crippen molar-refractivity contribution < 1.29 is 4.79 Å². The van der Waals surface area contributed by atoms with Gasteiger partial charge in [0, 0.05) is 6.54 Å². The van der Waals surface area contributed by atoms with Crippen LogP contribution in [-0.4, -0.2) is 25.0 Å². The van der Waals surface area contributed by atoms with Gasteiger partial charge in [0.25, 0.3) is 0 Å². The quantitative estimate of drug-likeness (QED) is 0.737. The van der Waals surface area contributed by atoms with Gasteiger partial charge in [0.1, 0.15) is 0 Å². The van der Waals surface area contributed by atoms with Crippen molar-refractivity contribution in [2.75, 3.05) is 13.1 Å². The Balaban J connectivity index is 1.66.